The third-order valence-electron chi connectivity index (χ3n) is 3.41. The van der Waals surface area contributed by atoms with Crippen molar-refractivity contribution in [1.82, 2.24) is 0 Å². The van der Waals surface area contributed by atoms with Gasteiger partial charge in [-0.3, -0.25) is 4.84 Å². The molecule has 0 aliphatic heterocycles. The Hall–Kier alpha value is -1.09. The predicted molar refractivity (Wildman–Crippen MR) is 88.7 cm³/mol. The maximum absolute atomic E-state index is 11.2. The van der Waals surface area contributed by atoms with Crippen molar-refractivity contribution in [3.05, 3.63) is 24.3 Å². The fraction of sp³-hybridized carbons (Fsp3) is 0.722. The number of allylic oxidation sites excluding steroid dienone is 3. The Morgan fingerprint density at radius 3 is 2.05 bits per heavy atom. The number of nitrogens with two attached hydrogens (primary N) is 1. The van der Waals surface area contributed by atoms with Gasteiger partial charge in [0.25, 0.3) is 0 Å². The molecule has 0 aromatic heterocycles. The number of hydroxylamine groups is 1. The lowest BCUT2D eigenvalue weighted by atomic mass is 10.1. The van der Waals surface area contributed by atoms with Gasteiger partial charge in [0.2, 0.25) is 0 Å². The van der Waals surface area contributed by atoms with Crippen molar-refractivity contribution in [2.75, 3.05) is 6.54 Å². The molecular weight excluding hydrogens is 262 g/mol. The Kier molecular flexibility index (Phi) is 16.1. The minimum Gasteiger partial charge on any atom is -0.275 e. The van der Waals surface area contributed by atoms with Gasteiger partial charge in [0, 0.05) is 12.5 Å². The molecule has 0 radical (unpaired) electrons. The molecule has 0 aliphatic rings. The third-order valence-corrected chi connectivity index (χ3v) is 3.41. The fourth-order valence-electron chi connectivity index (χ4n) is 2.14. The number of carbonyl (C=O) groups is 1. The van der Waals surface area contributed by atoms with E-state index in [1.807, 2.05) is 19.1 Å². The first kappa shape index (κ1) is 19.9. The number of hydrogen-bond acceptors (Lipinski definition) is 2. The highest BCUT2D eigenvalue weighted by atomic mass is 16.7. The van der Waals surface area contributed by atoms with Crippen molar-refractivity contribution in [2.24, 2.45) is 0 Å². The number of unbranched alkanes of at least 4 members (excludes halogenated alkanes) is 9. The van der Waals surface area contributed by atoms with Gasteiger partial charge in [0.1, 0.15) is 6.54 Å². The summed E-state index contributed by atoms with van der Waals surface area (Å²) in [6.45, 7) is 5.03. The number of hydrogen-bond donors (Lipinski definition) is 1. The highest BCUT2D eigenvalue weighted by molar-refractivity contribution is 5.81. The molecule has 0 amide bonds. The first-order chi connectivity index (χ1) is 10.3. The van der Waals surface area contributed by atoms with Crippen LogP contribution in [0.25, 0.3) is 0 Å². The Morgan fingerprint density at radius 1 is 0.905 bits per heavy atom. The first-order valence-corrected chi connectivity index (χ1v) is 8.63. The summed E-state index contributed by atoms with van der Waals surface area (Å²) >= 11 is 0. The fourth-order valence-corrected chi connectivity index (χ4v) is 2.14. The number of quaternary nitrogens is 1. The van der Waals surface area contributed by atoms with Gasteiger partial charge < -0.3 is 0 Å². The zero-order valence-corrected chi connectivity index (χ0v) is 14.0. The van der Waals surface area contributed by atoms with Crippen LogP contribution in [0.5, 0.6) is 0 Å². The second kappa shape index (κ2) is 17.0. The smallest absolute Gasteiger partial charge is 0.275 e. The van der Waals surface area contributed by atoms with E-state index in [2.05, 4.69) is 6.92 Å². The van der Waals surface area contributed by atoms with E-state index < -0.39 is 0 Å². The van der Waals surface area contributed by atoms with Crippen molar-refractivity contribution in [2.45, 2.75) is 78.1 Å². The zero-order chi connectivity index (χ0) is 15.6. The maximum Gasteiger partial charge on any atom is 0.390 e. The second-order valence-corrected chi connectivity index (χ2v) is 5.46. The zero-order valence-electron chi connectivity index (χ0n) is 14.0. The Labute approximate surface area is 130 Å². The van der Waals surface area contributed by atoms with E-state index in [1.165, 1.54) is 63.9 Å². The minimum absolute atomic E-state index is 0.292. The molecule has 0 aromatic rings. The van der Waals surface area contributed by atoms with Crippen molar-refractivity contribution >= 4 is 5.97 Å². The molecule has 0 aromatic carbocycles. The van der Waals surface area contributed by atoms with Crippen molar-refractivity contribution in [3.8, 4) is 0 Å². The molecule has 122 valence electrons. The molecule has 3 nitrogen and oxygen atoms in total. The molecule has 0 saturated heterocycles. The van der Waals surface area contributed by atoms with E-state index >= 15 is 0 Å². The SMILES string of the molecule is C/C=C/C=C/C(=O)O[NH2+]CCCCCCCCCCCC. The highest BCUT2D eigenvalue weighted by Gasteiger charge is 1.99. The summed E-state index contributed by atoms with van der Waals surface area (Å²) in [6, 6.07) is 0. The van der Waals surface area contributed by atoms with E-state index in [0.29, 0.717) is 0 Å². The van der Waals surface area contributed by atoms with Gasteiger partial charge in [-0.05, 0) is 13.3 Å². The standard InChI is InChI=1S/C18H33NO2/c1-3-5-7-8-9-10-11-12-13-15-17-19-21-18(20)16-14-6-4-2/h4,6,14,16,19H,3,5,7-13,15,17H2,1-2H3/p+1/b6-4+,16-14+. The highest BCUT2D eigenvalue weighted by Crippen LogP contribution is 2.09. The van der Waals surface area contributed by atoms with E-state index in [1.54, 1.807) is 11.6 Å². The van der Waals surface area contributed by atoms with Crippen LogP contribution in [0.4, 0.5) is 0 Å². The van der Waals surface area contributed by atoms with Crippen LogP contribution < -0.4 is 5.48 Å². The predicted octanol–water partition coefficient (Wildman–Crippen LogP) is 4.06. The lowest BCUT2D eigenvalue weighted by molar-refractivity contribution is -0.871. The van der Waals surface area contributed by atoms with Gasteiger partial charge in [-0.25, -0.2) is 4.79 Å². The third kappa shape index (κ3) is 16.9. The molecule has 0 rings (SSSR count). The summed E-state index contributed by atoms with van der Waals surface area (Å²) in [5, 5.41) is 0. The van der Waals surface area contributed by atoms with Gasteiger partial charge in [0.15, 0.2) is 0 Å². The average molecular weight is 296 g/mol. The summed E-state index contributed by atoms with van der Waals surface area (Å²) < 4.78 is 0. The number of carbonyl (C=O) groups excluding carboxylic acids is 1. The van der Waals surface area contributed by atoms with Crippen LogP contribution in [0, 0.1) is 0 Å². The lowest BCUT2D eigenvalue weighted by Crippen LogP contribution is -2.83. The van der Waals surface area contributed by atoms with Crippen LogP contribution in [0.1, 0.15) is 78.1 Å². The van der Waals surface area contributed by atoms with Gasteiger partial charge >= 0.3 is 5.97 Å². The molecule has 0 spiro atoms. The molecular formula is C18H34NO2+. The molecule has 0 atom stereocenters. The van der Waals surface area contributed by atoms with Crippen LogP contribution in [-0.2, 0) is 9.63 Å². The van der Waals surface area contributed by atoms with E-state index in [4.69, 9.17) is 4.84 Å². The van der Waals surface area contributed by atoms with E-state index in [0.717, 1.165) is 13.0 Å². The first-order valence-electron chi connectivity index (χ1n) is 8.63. The lowest BCUT2D eigenvalue weighted by Gasteiger charge is -2.02. The van der Waals surface area contributed by atoms with E-state index in [9.17, 15) is 4.79 Å². The molecule has 0 heterocycles. The Morgan fingerprint density at radius 2 is 1.48 bits per heavy atom. The maximum atomic E-state index is 11.2. The molecule has 0 aliphatic carbocycles. The van der Waals surface area contributed by atoms with E-state index in [-0.39, 0.29) is 5.97 Å². The molecule has 3 heteroatoms. The largest absolute Gasteiger partial charge is 0.390 e. The summed E-state index contributed by atoms with van der Waals surface area (Å²) in [6.07, 6.45) is 20.1. The Balaban J connectivity index is 3.17. The molecule has 0 saturated carbocycles. The molecule has 0 unspecified atom stereocenters. The average Bonchev–Trinajstić information content (AvgIpc) is 2.48. The Bertz CT molecular complexity index is 285. The summed E-state index contributed by atoms with van der Waals surface area (Å²) in [7, 11) is 0. The van der Waals surface area contributed by atoms with Crippen molar-refractivity contribution < 1.29 is 15.1 Å². The van der Waals surface area contributed by atoms with Crippen LogP contribution in [-0.4, -0.2) is 12.5 Å². The topological polar surface area (TPSA) is 42.9 Å². The number of rotatable bonds is 14. The molecule has 0 bridgehead atoms. The van der Waals surface area contributed by atoms with Gasteiger partial charge in [-0.15, -0.1) is 0 Å². The van der Waals surface area contributed by atoms with Crippen molar-refractivity contribution in [3.63, 3.8) is 0 Å². The van der Waals surface area contributed by atoms with Crippen LogP contribution in [0.2, 0.25) is 0 Å². The van der Waals surface area contributed by atoms with Crippen LogP contribution in [0.15, 0.2) is 24.3 Å². The monoisotopic (exact) mass is 296 g/mol. The normalized spacial score (nSPS) is 11.5. The van der Waals surface area contributed by atoms with Gasteiger partial charge in [-0.1, -0.05) is 76.5 Å². The molecule has 0 fully saturated rings. The molecule has 2 N–H and O–H groups in total. The molecule has 21 heavy (non-hydrogen) atoms. The van der Waals surface area contributed by atoms with Crippen LogP contribution >= 0.6 is 0 Å². The van der Waals surface area contributed by atoms with Gasteiger partial charge in [-0.2, -0.15) is 5.48 Å². The van der Waals surface area contributed by atoms with Gasteiger partial charge in [0.05, 0.1) is 0 Å². The second-order valence-electron chi connectivity index (χ2n) is 5.46. The quantitative estimate of drug-likeness (QED) is 0.227. The van der Waals surface area contributed by atoms with Crippen molar-refractivity contribution in [1.29, 1.82) is 0 Å². The minimum atomic E-state index is -0.292. The summed E-state index contributed by atoms with van der Waals surface area (Å²) in [4.78, 5) is 16.2. The van der Waals surface area contributed by atoms with Crippen LogP contribution in [0.3, 0.4) is 0 Å². The summed E-state index contributed by atoms with van der Waals surface area (Å²) in [5.41, 5.74) is 1.63. The summed E-state index contributed by atoms with van der Waals surface area (Å²) in [5.74, 6) is -0.292.